The maximum absolute atomic E-state index is 12.0. The molecule has 0 N–H and O–H groups in total. The maximum Gasteiger partial charge on any atom is 0.410 e. The van der Waals surface area contributed by atoms with Gasteiger partial charge < -0.3 is 9.30 Å². The molecule has 2 rings (SSSR count). The van der Waals surface area contributed by atoms with E-state index >= 15 is 0 Å². The molecular formula is C12H19N3O2. The number of amides is 1. The van der Waals surface area contributed by atoms with Gasteiger partial charge in [-0.15, -0.1) is 0 Å². The van der Waals surface area contributed by atoms with Crippen LogP contribution >= 0.6 is 0 Å². The maximum atomic E-state index is 12.0. The predicted molar refractivity (Wildman–Crippen MR) is 63.6 cm³/mol. The molecule has 0 bridgehead atoms. The van der Waals surface area contributed by atoms with Gasteiger partial charge in [0.1, 0.15) is 11.4 Å². The van der Waals surface area contributed by atoms with Gasteiger partial charge in [-0.05, 0) is 27.7 Å². The fraction of sp³-hybridized carbons (Fsp3) is 0.667. The van der Waals surface area contributed by atoms with E-state index in [2.05, 4.69) is 9.55 Å². The Morgan fingerprint density at radius 1 is 1.47 bits per heavy atom. The lowest BCUT2D eigenvalue weighted by Crippen LogP contribution is -2.43. The van der Waals surface area contributed by atoms with E-state index in [-0.39, 0.29) is 12.1 Å². The lowest BCUT2D eigenvalue weighted by molar-refractivity contribution is 0.0121. The van der Waals surface area contributed by atoms with Gasteiger partial charge in [0.25, 0.3) is 0 Å². The number of ether oxygens (including phenoxy) is 1. The summed E-state index contributed by atoms with van der Waals surface area (Å²) in [7, 11) is 0. The number of fused-ring (bicyclic) bond motifs is 1. The van der Waals surface area contributed by atoms with E-state index in [1.165, 1.54) is 0 Å². The zero-order valence-electron chi connectivity index (χ0n) is 10.8. The van der Waals surface area contributed by atoms with Crippen molar-refractivity contribution in [1.82, 2.24) is 14.5 Å². The summed E-state index contributed by atoms with van der Waals surface area (Å²) < 4.78 is 7.46. The van der Waals surface area contributed by atoms with E-state index in [1.807, 2.05) is 33.9 Å². The van der Waals surface area contributed by atoms with Gasteiger partial charge in [-0.3, -0.25) is 4.90 Å². The summed E-state index contributed by atoms with van der Waals surface area (Å²) in [6, 6.07) is -0.0337. The van der Waals surface area contributed by atoms with Crippen LogP contribution in [0.1, 0.15) is 39.6 Å². The van der Waals surface area contributed by atoms with Crippen molar-refractivity contribution < 1.29 is 9.53 Å². The predicted octanol–water partition coefficient (Wildman–Crippen LogP) is 2.19. The third kappa shape index (κ3) is 2.43. The van der Waals surface area contributed by atoms with Crippen molar-refractivity contribution in [3.63, 3.8) is 0 Å². The highest BCUT2D eigenvalue weighted by molar-refractivity contribution is 5.68. The van der Waals surface area contributed by atoms with E-state index in [9.17, 15) is 4.79 Å². The molecule has 1 amide bonds. The molecule has 0 aliphatic carbocycles. The molecule has 0 saturated heterocycles. The minimum Gasteiger partial charge on any atom is -0.444 e. The molecule has 1 aliphatic rings. The van der Waals surface area contributed by atoms with Crippen molar-refractivity contribution in [3.05, 3.63) is 18.2 Å². The standard InChI is InChI=1S/C12H19N3O2/c1-9-10-13-5-6-14(10)7-8-15(9)11(16)17-12(2,3)4/h5-6,9H,7-8H2,1-4H3. The van der Waals surface area contributed by atoms with Crippen LogP contribution in [-0.2, 0) is 11.3 Å². The summed E-state index contributed by atoms with van der Waals surface area (Å²) in [6.07, 6.45) is 3.45. The smallest absolute Gasteiger partial charge is 0.410 e. The van der Waals surface area contributed by atoms with Crippen LogP contribution in [0.5, 0.6) is 0 Å². The van der Waals surface area contributed by atoms with Crippen molar-refractivity contribution in [2.24, 2.45) is 0 Å². The second-order valence-corrected chi connectivity index (χ2v) is 5.33. The number of imidazole rings is 1. The fourth-order valence-corrected chi connectivity index (χ4v) is 2.00. The summed E-state index contributed by atoms with van der Waals surface area (Å²) in [5.41, 5.74) is -0.455. The van der Waals surface area contributed by atoms with Crippen LogP contribution in [0, 0.1) is 0 Å². The van der Waals surface area contributed by atoms with Gasteiger partial charge in [0.15, 0.2) is 0 Å². The van der Waals surface area contributed by atoms with Crippen molar-refractivity contribution >= 4 is 6.09 Å². The Kier molecular flexibility index (Phi) is 2.85. The first-order valence-corrected chi connectivity index (χ1v) is 5.89. The molecule has 5 nitrogen and oxygen atoms in total. The highest BCUT2D eigenvalue weighted by Gasteiger charge is 2.31. The summed E-state index contributed by atoms with van der Waals surface area (Å²) in [4.78, 5) is 18.0. The molecule has 0 radical (unpaired) electrons. The lowest BCUT2D eigenvalue weighted by Gasteiger charge is -2.35. The first-order chi connectivity index (χ1) is 7.88. The van der Waals surface area contributed by atoms with Gasteiger partial charge in [-0.2, -0.15) is 0 Å². The van der Waals surface area contributed by atoms with Gasteiger partial charge >= 0.3 is 6.09 Å². The monoisotopic (exact) mass is 237 g/mol. The minimum atomic E-state index is -0.455. The van der Waals surface area contributed by atoms with E-state index < -0.39 is 5.60 Å². The van der Waals surface area contributed by atoms with Crippen molar-refractivity contribution in [1.29, 1.82) is 0 Å². The topological polar surface area (TPSA) is 47.4 Å². The summed E-state index contributed by atoms with van der Waals surface area (Å²) in [5, 5.41) is 0. The molecule has 2 heterocycles. The molecule has 5 heteroatoms. The summed E-state index contributed by atoms with van der Waals surface area (Å²) in [5.74, 6) is 0.919. The zero-order valence-corrected chi connectivity index (χ0v) is 10.8. The number of hydrogen-bond acceptors (Lipinski definition) is 3. The third-order valence-corrected chi connectivity index (χ3v) is 2.80. The number of nitrogens with zero attached hydrogens (tertiary/aromatic N) is 3. The molecule has 0 spiro atoms. The molecule has 1 aromatic heterocycles. The molecule has 1 unspecified atom stereocenters. The lowest BCUT2D eigenvalue weighted by atomic mass is 10.2. The zero-order chi connectivity index (χ0) is 12.6. The fourth-order valence-electron chi connectivity index (χ4n) is 2.00. The number of hydrogen-bond donors (Lipinski definition) is 0. The van der Waals surface area contributed by atoms with Crippen LogP contribution in [0.15, 0.2) is 12.4 Å². The molecule has 17 heavy (non-hydrogen) atoms. The largest absolute Gasteiger partial charge is 0.444 e. The Hall–Kier alpha value is -1.52. The van der Waals surface area contributed by atoms with Crippen LogP contribution in [0.4, 0.5) is 4.79 Å². The minimum absolute atomic E-state index is 0.0337. The summed E-state index contributed by atoms with van der Waals surface area (Å²) >= 11 is 0. The molecule has 0 saturated carbocycles. The van der Waals surface area contributed by atoms with Gasteiger partial charge in [0.05, 0.1) is 6.04 Å². The number of carbonyl (C=O) groups excluding carboxylic acids is 1. The van der Waals surface area contributed by atoms with E-state index in [1.54, 1.807) is 11.1 Å². The Labute approximate surface area is 101 Å². The van der Waals surface area contributed by atoms with Crippen molar-refractivity contribution in [3.8, 4) is 0 Å². The average molecular weight is 237 g/mol. The molecule has 1 atom stereocenters. The van der Waals surface area contributed by atoms with E-state index in [0.29, 0.717) is 6.54 Å². The van der Waals surface area contributed by atoms with Gasteiger partial charge in [-0.25, -0.2) is 9.78 Å². The van der Waals surface area contributed by atoms with Gasteiger partial charge in [0, 0.05) is 25.5 Å². The Balaban J connectivity index is 2.12. The van der Waals surface area contributed by atoms with E-state index in [4.69, 9.17) is 4.74 Å². The van der Waals surface area contributed by atoms with Gasteiger partial charge in [-0.1, -0.05) is 0 Å². The SMILES string of the molecule is CC1c2nccn2CCN1C(=O)OC(C)(C)C. The van der Waals surface area contributed by atoms with Crippen LogP contribution in [-0.4, -0.2) is 32.7 Å². The van der Waals surface area contributed by atoms with Crippen LogP contribution in [0.25, 0.3) is 0 Å². The molecule has 1 aliphatic heterocycles. The second kappa shape index (κ2) is 4.05. The van der Waals surface area contributed by atoms with Crippen LogP contribution in [0.2, 0.25) is 0 Å². The van der Waals surface area contributed by atoms with Crippen molar-refractivity contribution in [2.45, 2.75) is 45.9 Å². The summed E-state index contributed by atoms with van der Waals surface area (Å²) in [6.45, 7) is 9.04. The molecule has 0 aromatic carbocycles. The Morgan fingerprint density at radius 2 is 2.18 bits per heavy atom. The van der Waals surface area contributed by atoms with Crippen LogP contribution < -0.4 is 0 Å². The molecule has 1 aromatic rings. The first kappa shape index (κ1) is 12.0. The number of aromatic nitrogens is 2. The quantitative estimate of drug-likeness (QED) is 0.695. The van der Waals surface area contributed by atoms with Crippen molar-refractivity contribution in [2.75, 3.05) is 6.54 Å². The second-order valence-electron chi connectivity index (χ2n) is 5.33. The first-order valence-electron chi connectivity index (χ1n) is 5.89. The number of rotatable bonds is 0. The molecular weight excluding hydrogens is 218 g/mol. The third-order valence-electron chi connectivity index (χ3n) is 2.80. The van der Waals surface area contributed by atoms with Crippen LogP contribution in [0.3, 0.4) is 0 Å². The number of carbonyl (C=O) groups is 1. The Bertz CT molecular complexity index is 420. The molecule has 94 valence electrons. The highest BCUT2D eigenvalue weighted by Crippen LogP contribution is 2.25. The average Bonchev–Trinajstić information content (AvgIpc) is 2.63. The van der Waals surface area contributed by atoms with Gasteiger partial charge in [0.2, 0.25) is 0 Å². The normalized spacial score (nSPS) is 20.0. The Morgan fingerprint density at radius 3 is 2.82 bits per heavy atom. The van der Waals surface area contributed by atoms with E-state index in [0.717, 1.165) is 12.4 Å². The molecule has 0 fully saturated rings. The highest BCUT2D eigenvalue weighted by atomic mass is 16.6.